The number of aliphatic hydroxyl groups is 1. The predicted octanol–water partition coefficient (Wildman–Crippen LogP) is 3.21. The van der Waals surface area contributed by atoms with Gasteiger partial charge in [-0.1, -0.05) is 12.1 Å². The minimum absolute atomic E-state index is 0.160. The first-order valence-electron chi connectivity index (χ1n) is 14.4. The number of hydrogen-bond donors (Lipinski definition) is 2. The van der Waals surface area contributed by atoms with Gasteiger partial charge in [-0.3, -0.25) is 14.5 Å². The SMILES string of the molecule is C=CCn1c(=O)c2cnc(Nc3ccc(N4CCN(CCCC(=O)OC)CC4)cc3)nc2n1-c1cccc(C(C)(C)O)n1. The summed E-state index contributed by atoms with van der Waals surface area (Å²) in [6, 6.07) is 13.4. The lowest BCUT2D eigenvalue weighted by Crippen LogP contribution is -2.46. The fourth-order valence-electron chi connectivity index (χ4n) is 5.15. The van der Waals surface area contributed by atoms with E-state index in [-0.39, 0.29) is 18.1 Å². The molecule has 43 heavy (non-hydrogen) atoms. The molecule has 4 aromatic rings. The van der Waals surface area contributed by atoms with E-state index in [1.807, 2.05) is 12.1 Å². The fraction of sp³-hybridized carbons (Fsp3) is 0.387. The highest BCUT2D eigenvalue weighted by Crippen LogP contribution is 2.24. The van der Waals surface area contributed by atoms with Crippen LogP contribution in [0.15, 0.2) is 66.1 Å². The third-order valence-corrected chi connectivity index (χ3v) is 7.50. The molecular formula is C31H38N8O4. The number of carbonyl (C=O) groups excluding carboxylic acids is 1. The summed E-state index contributed by atoms with van der Waals surface area (Å²) >= 11 is 0. The van der Waals surface area contributed by atoms with Crippen molar-refractivity contribution in [3.05, 3.63) is 77.4 Å². The molecule has 0 saturated carbocycles. The van der Waals surface area contributed by atoms with E-state index >= 15 is 0 Å². The van der Waals surface area contributed by atoms with E-state index in [9.17, 15) is 14.7 Å². The molecule has 12 heteroatoms. The molecule has 3 aromatic heterocycles. The van der Waals surface area contributed by atoms with Gasteiger partial charge in [-0.25, -0.2) is 19.3 Å². The van der Waals surface area contributed by atoms with Crippen LogP contribution in [0.2, 0.25) is 0 Å². The fourth-order valence-corrected chi connectivity index (χ4v) is 5.15. The van der Waals surface area contributed by atoms with Crippen LogP contribution in [-0.4, -0.2) is 80.1 Å². The number of esters is 1. The number of allylic oxidation sites excluding steroid dienone is 1. The molecule has 1 aliphatic heterocycles. The number of hydrogen-bond acceptors (Lipinski definition) is 10. The van der Waals surface area contributed by atoms with Crippen LogP contribution in [0, 0.1) is 0 Å². The molecule has 12 nitrogen and oxygen atoms in total. The number of benzene rings is 1. The Labute approximate surface area is 250 Å². The number of ether oxygens (including phenoxy) is 1. The first kappa shape index (κ1) is 29.9. The molecule has 1 aromatic carbocycles. The minimum Gasteiger partial charge on any atom is -0.469 e. The van der Waals surface area contributed by atoms with Crippen LogP contribution in [0.3, 0.4) is 0 Å². The van der Waals surface area contributed by atoms with Crippen LogP contribution in [0.1, 0.15) is 32.4 Å². The number of aromatic nitrogens is 5. The maximum atomic E-state index is 13.3. The number of fused-ring (bicyclic) bond motifs is 1. The second-order valence-electron chi connectivity index (χ2n) is 11.0. The summed E-state index contributed by atoms with van der Waals surface area (Å²) in [5, 5.41) is 14.1. The zero-order valence-electron chi connectivity index (χ0n) is 24.9. The lowest BCUT2D eigenvalue weighted by atomic mass is 10.1. The predicted molar refractivity (Wildman–Crippen MR) is 166 cm³/mol. The quantitative estimate of drug-likeness (QED) is 0.200. The van der Waals surface area contributed by atoms with Crippen molar-refractivity contribution in [2.45, 2.75) is 38.8 Å². The van der Waals surface area contributed by atoms with E-state index in [0.717, 1.165) is 50.5 Å². The Morgan fingerprint density at radius 1 is 1.12 bits per heavy atom. The van der Waals surface area contributed by atoms with Gasteiger partial charge in [0.1, 0.15) is 11.0 Å². The Morgan fingerprint density at radius 2 is 1.86 bits per heavy atom. The summed E-state index contributed by atoms with van der Waals surface area (Å²) in [5.74, 6) is 0.627. The number of nitrogens with zero attached hydrogens (tertiary/aromatic N) is 7. The molecule has 0 atom stereocenters. The van der Waals surface area contributed by atoms with Gasteiger partial charge in [-0.05, 0) is 63.2 Å². The molecule has 5 rings (SSSR count). The molecule has 0 aliphatic carbocycles. The van der Waals surface area contributed by atoms with Crippen molar-refractivity contribution in [1.29, 1.82) is 0 Å². The third-order valence-electron chi connectivity index (χ3n) is 7.50. The highest BCUT2D eigenvalue weighted by atomic mass is 16.5. The lowest BCUT2D eigenvalue weighted by Gasteiger charge is -2.36. The number of anilines is 3. The Balaban J connectivity index is 1.32. The largest absolute Gasteiger partial charge is 0.469 e. The van der Waals surface area contributed by atoms with Gasteiger partial charge in [0, 0.05) is 50.2 Å². The minimum atomic E-state index is -1.16. The van der Waals surface area contributed by atoms with Crippen molar-refractivity contribution < 1.29 is 14.6 Å². The number of pyridine rings is 1. The van der Waals surface area contributed by atoms with Gasteiger partial charge in [-0.2, -0.15) is 4.98 Å². The van der Waals surface area contributed by atoms with E-state index in [2.05, 4.69) is 43.8 Å². The molecule has 1 aliphatic rings. The summed E-state index contributed by atoms with van der Waals surface area (Å²) in [4.78, 5) is 43.1. The van der Waals surface area contributed by atoms with E-state index < -0.39 is 5.60 Å². The van der Waals surface area contributed by atoms with Gasteiger partial charge in [0.15, 0.2) is 11.5 Å². The molecule has 1 saturated heterocycles. The first-order valence-corrected chi connectivity index (χ1v) is 14.4. The Bertz CT molecular complexity index is 1650. The average molecular weight is 587 g/mol. The first-order chi connectivity index (χ1) is 20.7. The summed E-state index contributed by atoms with van der Waals surface area (Å²) in [6.07, 6.45) is 4.41. The number of carbonyl (C=O) groups is 1. The number of nitrogens with one attached hydrogen (secondary N) is 1. The molecule has 0 amide bonds. The van der Waals surface area contributed by atoms with Crippen molar-refractivity contribution in [1.82, 2.24) is 29.2 Å². The molecule has 226 valence electrons. The summed E-state index contributed by atoms with van der Waals surface area (Å²) in [5.41, 5.74) is 1.39. The third kappa shape index (κ3) is 6.76. The van der Waals surface area contributed by atoms with Gasteiger partial charge in [-0.15, -0.1) is 6.58 Å². The Morgan fingerprint density at radius 3 is 2.53 bits per heavy atom. The summed E-state index contributed by atoms with van der Waals surface area (Å²) < 4.78 is 7.86. The zero-order chi connectivity index (χ0) is 30.6. The topological polar surface area (TPSA) is 131 Å². The van der Waals surface area contributed by atoms with Crippen LogP contribution in [-0.2, 0) is 21.7 Å². The van der Waals surface area contributed by atoms with Crippen molar-refractivity contribution in [3.63, 3.8) is 0 Å². The number of rotatable bonds is 11. The number of methoxy groups -OCH3 is 1. The van der Waals surface area contributed by atoms with E-state index in [1.54, 1.807) is 42.8 Å². The Hall–Kier alpha value is -4.55. The van der Waals surface area contributed by atoms with E-state index in [0.29, 0.717) is 34.9 Å². The Kier molecular flexibility index (Phi) is 8.88. The highest BCUT2D eigenvalue weighted by molar-refractivity contribution is 5.77. The van der Waals surface area contributed by atoms with Crippen molar-refractivity contribution in [2.24, 2.45) is 0 Å². The van der Waals surface area contributed by atoms with E-state index in [1.165, 1.54) is 18.0 Å². The maximum Gasteiger partial charge on any atom is 0.305 e. The molecule has 0 radical (unpaired) electrons. The van der Waals surface area contributed by atoms with Gasteiger partial charge in [0.05, 0.1) is 19.3 Å². The van der Waals surface area contributed by atoms with Gasteiger partial charge in [0.25, 0.3) is 5.56 Å². The molecule has 0 spiro atoms. The average Bonchev–Trinajstić information content (AvgIpc) is 3.28. The summed E-state index contributed by atoms with van der Waals surface area (Å²) in [7, 11) is 1.42. The normalized spacial score (nSPS) is 14.2. The number of piperazine rings is 1. The molecule has 0 bridgehead atoms. The van der Waals surface area contributed by atoms with Crippen LogP contribution < -0.4 is 15.8 Å². The van der Waals surface area contributed by atoms with E-state index in [4.69, 9.17) is 9.72 Å². The van der Waals surface area contributed by atoms with Gasteiger partial charge < -0.3 is 20.1 Å². The van der Waals surface area contributed by atoms with Gasteiger partial charge >= 0.3 is 5.97 Å². The summed E-state index contributed by atoms with van der Waals surface area (Å²) in [6.45, 7) is 12.0. The van der Waals surface area contributed by atoms with Crippen molar-refractivity contribution in [3.8, 4) is 5.82 Å². The molecule has 1 fully saturated rings. The van der Waals surface area contributed by atoms with Crippen molar-refractivity contribution in [2.75, 3.05) is 50.1 Å². The standard InChI is InChI=1S/C31H38N8O4/c1-5-15-38-29(41)24-21-32-30(35-28(24)39(38)26-9-6-8-25(34-26)31(2,3)42)33-22-11-13-23(14-12-22)37-19-17-36(18-20-37)16-7-10-27(40)43-4/h5-6,8-9,11-14,21,42H,1,7,10,15-20H2,2-4H3,(H,32,33,35). The maximum absolute atomic E-state index is 13.3. The van der Waals surface area contributed by atoms with Crippen LogP contribution >= 0.6 is 0 Å². The molecule has 2 N–H and O–H groups in total. The second-order valence-corrected chi connectivity index (χ2v) is 11.0. The second kappa shape index (κ2) is 12.8. The molecule has 0 unspecified atom stereocenters. The monoisotopic (exact) mass is 586 g/mol. The van der Waals surface area contributed by atoms with Crippen LogP contribution in [0.5, 0.6) is 0 Å². The highest BCUT2D eigenvalue weighted by Gasteiger charge is 2.22. The molecular weight excluding hydrogens is 548 g/mol. The van der Waals surface area contributed by atoms with Crippen LogP contribution in [0.4, 0.5) is 17.3 Å². The van der Waals surface area contributed by atoms with Crippen LogP contribution in [0.25, 0.3) is 16.9 Å². The lowest BCUT2D eigenvalue weighted by molar-refractivity contribution is -0.140. The molecule has 4 heterocycles. The van der Waals surface area contributed by atoms with Gasteiger partial charge in [0.2, 0.25) is 5.95 Å². The smallest absolute Gasteiger partial charge is 0.305 e. The zero-order valence-corrected chi connectivity index (χ0v) is 24.9. The van der Waals surface area contributed by atoms with Crippen molar-refractivity contribution >= 4 is 34.3 Å².